The normalized spacial score (nSPS) is 9.81. The maximum Gasteiger partial charge on any atom is 0.267 e. The number of hydrogen-bond acceptors (Lipinski definition) is 3. The lowest BCUT2D eigenvalue weighted by Gasteiger charge is -2.08. The van der Waals surface area contributed by atoms with Crippen LogP contribution in [0.3, 0.4) is 0 Å². The second-order valence-electron chi connectivity index (χ2n) is 7.33. The molecular weight excluding hydrogens is 384 g/mol. The van der Waals surface area contributed by atoms with Crippen molar-refractivity contribution in [3.63, 3.8) is 0 Å². The Morgan fingerprint density at radius 1 is 0.968 bits per heavy atom. The van der Waals surface area contributed by atoms with Crippen LogP contribution in [0.25, 0.3) is 6.08 Å². The smallest absolute Gasteiger partial charge is 0.267 e. The summed E-state index contributed by atoms with van der Waals surface area (Å²) in [6, 6.07) is 14.4. The molecule has 4 nitrogen and oxygen atoms in total. The van der Waals surface area contributed by atoms with E-state index in [-0.39, 0.29) is 0 Å². The number of aryl methyl sites for hydroxylation is 3. The Kier molecular flexibility index (Phi) is 15.6. The van der Waals surface area contributed by atoms with Crippen molar-refractivity contribution in [3.05, 3.63) is 88.0 Å². The van der Waals surface area contributed by atoms with Gasteiger partial charge in [0.1, 0.15) is 0 Å². The lowest BCUT2D eigenvalue weighted by atomic mass is 10.0. The van der Waals surface area contributed by atoms with Gasteiger partial charge in [-0.1, -0.05) is 68.0 Å². The van der Waals surface area contributed by atoms with Crippen LogP contribution in [0.5, 0.6) is 0 Å². The van der Waals surface area contributed by atoms with E-state index in [1.807, 2.05) is 26.0 Å². The van der Waals surface area contributed by atoms with Gasteiger partial charge in [0.25, 0.3) is 5.91 Å². The van der Waals surface area contributed by atoms with Gasteiger partial charge in [0, 0.05) is 12.6 Å². The Balaban J connectivity index is 0.000000745. The summed E-state index contributed by atoms with van der Waals surface area (Å²) in [4.78, 5) is 10.9. The van der Waals surface area contributed by atoms with Crippen molar-refractivity contribution in [3.8, 4) is 0 Å². The molecule has 0 aromatic heterocycles. The topological polar surface area (TPSA) is 61.4 Å². The van der Waals surface area contributed by atoms with Crippen molar-refractivity contribution >= 4 is 12.0 Å². The average molecular weight is 425 g/mol. The van der Waals surface area contributed by atoms with E-state index in [4.69, 9.17) is 5.21 Å². The number of benzene rings is 2. The van der Waals surface area contributed by atoms with Gasteiger partial charge in [0.15, 0.2) is 0 Å². The van der Waals surface area contributed by atoms with Crippen molar-refractivity contribution in [2.75, 3.05) is 6.54 Å². The molecule has 170 valence electrons. The molecule has 0 aliphatic heterocycles. The lowest BCUT2D eigenvalue weighted by molar-refractivity contribution is -0.124. The second-order valence-corrected chi connectivity index (χ2v) is 7.33. The van der Waals surface area contributed by atoms with Gasteiger partial charge < -0.3 is 5.32 Å². The van der Waals surface area contributed by atoms with Crippen LogP contribution in [-0.2, 0) is 11.3 Å². The molecule has 2 aromatic rings. The van der Waals surface area contributed by atoms with Crippen LogP contribution >= 0.6 is 0 Å². The molecule has 2 rings (SSSR count). The Hall–Kier alpha value is -2.69. The summed E-state index contributed by atoms with van der Waals surface area (Å²) in [6.45, 7) is 16.3. The summed E-state index contributed by atoms with van der Waals surface area (Å²) in [7, 11) is 0. The van der Waals surface area contributed by atoms with E-state index in [0.717, 1.165) is 25.1 Å². The van der Waals surface area contributed by atoms with E-state index in [0.29, 0.717) is 0 Å². The van der Waals surface area contributed by atoms with E-state index in [1.54, 1.807) is 11.6 Å². The van der Waals surface area contributed by atoms with E-state index >= 15 is 0 Å². The highest BCUT2D eigenvalue weighted by Crippen LogP contribution is 2.12. The maximum absolute atomic E-state index is 10.9. The van der Waals surface area contributed by atoms with Crippen LogP contribution in [0.4, 0.5) is 0 Å². The third-order valence-electron chi connectivity index (χ3n) is 4.52. The molecule has 3 N–H and O–H groups in total. The molecule has 0 radical (unpaired) electrons. The summed E-state index contributed by atoms with van der Waals surface area (Å²) >= 11 is 0. The van der Waals surface area contributed by atoms with Gasteiger partial charge in [-0.3, -0.25) is 10.0 Å². The minimum atomic E-state index is -0.530. The largest absolute Gasteiger partial charge is 0.312 e. The molecule has 0 bridgehead atoms. The quantitative estimate of drug-likeness (QED) is 0.161. The highest BCUT2D eigenvalue weighted by atomic mass is 16.5. The Morgan fingerprint density at radius 2 is 1.58 bits per heavy atom. The van der Waals surface area contributed by atoms with Crippen molar-refractivity contribution in [1.82, 2.24) is 10.8 Å². The zero-order valence-electron chi connectivity index (χ0n) is 20.3. The van der Waals surface area contributed by atoms with Gasteiger partial charge in [-0.05, 0) is 81.5 Å². The molecule has 0 spiro atoms. The van der Waals surface area contributed by atoms with Crippen molar-refractivity contribution in [2.45, 2.75) is 61.4 Å². The van der Waals surface area contributed by atoms with Crippen molar-refractivity contribution < 1.29 is 10.0 Å². The molecule has 0 unspecified atom stereocenters. The average Bonchev–Trinajstić information content (AvgIpc) is 2.76. The number of hydroxylamine groups is 1. The zero-order valence-corrected chi connectivity index (χ0v) is 20.3. The Labute approximate surface area is 189 Å². The third kappa shape index (κ3) is 13.3. The molecule has 2 aromatic carbocycles. The highest BCUT2D eigenvalue weighted by molar-refractivity contribution is 5.90. The number of carbonyl (C=O) groups is 1. The summed E-state index contributed by atoms with van der Waals surface area (Å²) in [6.07, 6.45) is 6.23. The van der Waals surface area contributed by atoms with Crippen LogP contribution in [0.15, 0.2) is 60.2 Å². The first-order valence-electron chi connectivity index (χ1n) is 10.9. The Morgan fingerprint density at radius 3 is 2.06 bits per heavy atom. The number of amides is 1. The molecule has 0 aliphatic carbocycles. The number of nitrogens with one attached hydrogen (secondary N) is 2. The van der Waals surface area contributed by atoms with Gasteiger partial charge in [-0.25, -0.2) is 5.48 Å². The maximum atomic E-state index is 10.9. The molecule has 0 fully saturated rings. The molecular formula is C27H40N2O2. The van der Waals surface area contributed by atoms with Gasteiger partial charge >= 0.3 is 0 Å². The molecule has 0 saturated heterocycles. The SMILES string of the molecule is CC.CC(C)=CCCNCc1ccc(/C=C/C(=O)NO)cc1C.Cc1ccccc1C. The fraction of sp³-hybridized carbons (Fsp3) is 0.370. The summed E-state index contributed by atoms with van der Waals surface area (Å²) in [5, 5.41) is 11.8. The molecule has 0 saturated carbocycles. The highest BCUT2D eigenvalue weighted by Gasteiger charge is 1.99. The van der Waals surface area contributed by atoms with E-state index in [2.05, 4.69) is 76.3 Å². The number of rotatable bonds is 7. The van der Waals surface area contributed by atoms with Gasteiger partial charge in [0.05, 0.1) is 0 Å². The Bertz CT molecular complexity index is 814. The van der Waals surface area contributed by atoms with Crippen molar-refractivity contribution in [2.24, 2.45) is 0 Å². The second kappa shape index (κ2) is 17.0. The molecule has 4 heteroatoms. The molecule has 1 amide bonds. The first-order valence-corrected chi connectivity index (χ1v) is 10.9. The minimum Gasteiger partial charge on any atom is -0.312 e. The van der Waals surface area contributed by atoms with E-state index < -0.39 is 5.91 Å². The van der Waals surface area contributed by atoms with Gasteiger partial charge in [-0.15, -0.1) is 0 Å². The predicted octanol–water partition coefficient (Wildman–Crippen LogP) is 6.29. The number of allylic oxidation sites excluding steroid dienone is 1. The molecule has 0 heterocycles. The van der Waals surface area contributed by atoms with E-state index in [9.17, 15) is 4.79 Å². The summed E-state index contributed by atoms with van der Waals surface area (Å²) in [5.41, 5.74) is 9.01. The zero-order chi connectivity index (χ0) is 23.6. The van der Waals surface area contributed by atoms with Crippen LogP contribution in [0, 0.1) is 20.8 Å². The van der Waals surface area contributed by atoms with Crippen LogP contribution in [0.1, 0.15) is 61.9 Å². The van der Waals surface area contributed by atoms with Crippen LogP contribution in [-0.4, -0.2) is 17.7 Å². The van der Waals surface area contributed by atoms with Crippen LogP contribution < -0.4 is 10.8 Å². The summed E-state index contributed by atoms with van der Waals surface area (Å²) < 4.78 is 0. The monoisotopic (exact) mass is 424 g/mol. The fourth-order valence-electron chi connectivity index (χ4n) is 2.58. The number of hydrogen-bond donors (Lipinski definition) is 3. The molecule has 31 heavy (non-hydrogen) atoms. The first-order chi connectivity index (χ1) is 14.8. The number of carbonyl (C=O) groups excluding carboxylic acids is 1. The van der Waals surface area contributed by atoms with Gasteiger partial charge in [-0.2, -0.15) is 0 Å². The van der Waals surface area contributed by atoms with Crippen LogP contribution in [0.2, 0.25) is 0 Å². The first kappa shape index (κ1) is 28.3. The molecule has 0 atom stereocenters. The van der Waals surface area contributed by atoms with Gasteiger partial charge in [0.2, 0.25) is 0 Å². The standard InChI is InChI=1S/C17H24N2O2.C8H10.C2H6/c1-13(2)5-4-10-18-12-16-8-6-15(11-14(16)3)7-9-17(20)19-21;1-7-5-3-4-6-8(7)2;1-2/h5-9,11,18,21H,4,10,12H2,1-3H3,(H,19,20);3-6H,1-2H3;1-2H3/b9-7+;;. The molecule has 0 aliphatic rings. The van der Waals surface area contributed by atoms with E-state index in [1.165, 1.54) is 33.9 Å². The minimum absolute atomic E-state index is 0.530. The third-order valence-corrected chi connectivity index (χ3v) is 4.52. The fourth-order valence-corrected chi connectivity index (χ4v) is 2.58. The predicted molar refractivity (Wildman–Crippen MR) is 133 cm³/mol. The lowest BCUT2D eigenvalue weighted by Crippen LogP contribution is -2.15. The summed E-state index contributed by atoms with van der Waals surface area (Å²) in [5.74, 6) is -0.530. The van der Waals surface area contributed by atoms with Crippen molar-refractivity contribution in [1.29, 1.82) is 0 Å².